The summed E-state index contributed by atoms with van der Waals surface area (Å²) < 4.78 is 5.16. The molecule has 0 fully saturated rings. The van der Waals surface area contributed by atoms with Crippen LogP contribution in [0.4, 0.5) is 0 Å². The molecule has 0 aromatic heterocycles. The highest BCUT2D eigenvalue weighted by atomic mass is 16.5. The lowest BCUT2D eigenvalue weighted by Gasteiger charge is -2.12. The number of hydrogen-bond donors (Lipinski definition) is 0. The Morgan fingerprint density at radius 3 is 1.95 bits per heavy atom. The van der Waals surface area contributed by atoms with E-state index in [2.05, 4.69) is 39.8 Å². The highest BCUT2D eigenvalue weighted by Crippen LogP contribution is 2.14. The predicted molar refractivity (Wildman–Crippen MR) is 83.0 cm³/mol. The van der Waals surface area contributed by atoms with Gasteiger partial charge in [-0.15, -0.1) is 0 Å². The van der Waals surface area contributed by atoms with Gasteiger partial charge < -0.3 is 4.74 Å². The Labute approximate surface area is 117 Å². The van der Waals surface area contributed by atoms with Crippen LogP contribution in [-0.2, 0) is 6.54 Å². The van der Waals surface area contributed by atoms with E-state index in [9.17, 15) is 0 Å². The second-order valence-corrected chi connectivity index (χ2v) is 5.93. The van der Waals surface area contributed by atoms with Gasteiger partial charge in [0, 0.05) is 5.71 Å². The third-order valence-corrected chi connectivity index (χ3v) is 2.93. The minimum absolute atomic E-state index is 0.674. The van der Waals surface area contributed by atoms with Gasteiger partial charge in [0.05, 0.1) is 13.7 Å². The predicted octanol–water partition coefficient (Wildman–Crippen LogP) is 4.73. The minimum atomic E-state index is 0.674. The first-order valence-corrected chi connectivity index (χ1v) is 7.16. The summed E-state index contributed by atoms with van der Waals surface area (Å²) in [5.41, 5.74) is 2.59. The molecule has 2 nitrogen and oxygen atoms in total. The molecule has 0 unspecified atom stereocenters. The topological polar surface area (TPSA) is 21.6 Å². The van der Waals surface area contributed by atoms with Crippen LogP contribution in [0.1, 0.15) is 46.1 Å². The molecule has 0 atom stereocenters. The van der Waals surface area contributed by atoms with Gasteiger partial charge in [-0.05, 0) is 42.4 Å². The summed E-state index contributed by atoms with van der Waals surface area (Å²) in [6.45, 7) is 9.79. The van der Waals surface area contributed by atoms with Crippen molar-refractivity contribution in [2.75, 3.05) is 7.11 Å². The number of ether oxygens (including phenoxy) is 1. The molecule has 0 bridgehead atoms. The maximum atomic E-state index is 5.16. The van der Waals surface area contributed by atoms with Crippen molar-refractivity contribution in [3.63, 3.8) is 0 Å². The molecule has 0 radical (unpaired) electrons. The van der Waals surface area contributed by atoms with Crippen molar-refractivity contribution >= 4 is 5.71 Å². The maximum absolute atomic E-state index is 5.16. The third-order valence-electron chi connectivity index (χ3n) is 2.93. The quantitative estimate of drug-likeness (QED) is 0.650. The van der Waals surface area contributed by atoms with Gasteiger partial charge >= 0.3 is 0 Å². The molecule has 0 amide bonds. The van der Waals surface area contributed by atoms with Gasteiger partial charge in [-0.2, -0.15) is 0 Å². The molecular weight excluding hydrogens is 234 g/mol. The molecule has 0 saturated heterocycles. The van der Waals surface area contributed by atoms with Crippen molar-refractivity contribution in [1.29, 1.82) is 0 Å². The molecule has 0 saturated carbocycles. The first-order chi connectivity index (χ1) is 9.01. The van der Waals surface area contributed by atoms with E-state index in [4.69, 9.17) is 9.73 Å². The Morgan fingerprint density at radius 1 is 1.00 bits per heavy atom. The van der Waals surface area contributed by atoms with Crippen LogP contribution in [0, 0.1) is 11.8 Å². The van der Waals surface area contributed by atoms with Crippen molar-refractivity contribution < 1.29 is 4.74 Å². The average molecular weight is 261 g/mol. The first kappa shape index (κ1) is 15.7. The zero-order valence-electron chi connectivity index (χ0n) is 12.9. The van der Waals surface area contributed by atoms with Gasteiger partial charge in [0.25, 0.3) is 0 Å². The summed E-state index contributed by atoms with van der Waals surface area (Å²) >= 11 is 0. The van der Waals surface area contributed by atoms with Crippen molar-refractivity contribution in [2.45, 2.75) is 47.1 Å². The van der Waals surface area contributed by atoms with Gasteiger partial charge in [0.1, 0.15) is 5.75 Å². The lowest BCUT2D eigenvalue weighted by molar-refractivity contribution is 0.414. The maximum Gasteiger partial charge on any atom is 0.118 e. The van der Waals surface area contributed by atoms with E-state index in [0.29, 0.717) is 11.8 Å². The second-order valence-electron chi connectivity index (χ2n) is 5.93. The lowest BCUT2D eigenvalue weighted by Crippen LogP contribution is -2.07. The van der Waals surface area contributed by atoms with Crippen molar-refractivity contribution in [2.24, 2.45) is 16.8 Å². The standard InChI is InChI=1S/C17H27NO/c1-13(2)10-16(11-14(3)4)18-12-15-6-8-17(19-5)9-7-15/h6-9,13-14H,10-12H2,1-5H3. The van der Waals surface area contributed by atoms with Crippen LogP contribution in [-0.4, -0.2) is 12.8 Å². The van der Waals surface area contributed by atoms with Gasteiger partial charge in [-0.3, -0.25) is 4.99 Å². The van der Waals surface area contributed by atoms with Crippen molar-refractivity contribution in [1.82, 2.24) is 0 Å². The Bertz CT molecular complexity index is 378. The first-order valence-electron chi connectivity index (χ1n) is 7.16. The molecule has 19 heavy (non-hydrogen) atoms. The molecule has 0 aliphatic rings. The zero-order chi connectivity index (χ0) is 14.3. The largest absolute Gasteiger partial charge is 0.497 e. The van der Waals surface area contributed by atoms with E-state index in [1.54, 1.807) is 7.11 Å². The van der Waals surface area contributed by atoms with E-state index in [-0.39, 0.29) is 0 Å². The number of methoxy groups -OCH3 is 1. The summed E-state index contributed by atoms with van der Waals surface area (Å²) in [5, 5.41) is 0. The molecule has 1 aromatic carbocycles. The number of aliphatic imine (C=N–C) groups is 1. The van der Waals surface area contributed by atoms with Crippen LogP contribution in [0.15, 0.2) is 29.3 Å². The summed E-state index contributed by atoms with van der Waals surface area (Å²) in [5.74, 6) is 2.25. The van der Waals surface area contributed by atoms with Crippen LogP contribution in [0.3, 0.4) is 0 Å². The van der Waals surface area contributed by atoms with Crippen molar-refractivity contribution in [3.05, 3.63) is 29.8 Å². The Hall–Kier alpha value is -1.31. The normalized spacial score (nSPS) is 10.9. The van der Waals surface area contributed by atoms with Gasteiger partial charge in [0.15, 0.2) is 0 Å². The number of nitrogens with zero attached hydrogens (tertiary/aromatic N) is 1. The highest BCUT2D eigenvalue weighted by Gasteiger charge is 2.06. The van der Waals surface area contributed by atoms with Crippen LogP contribution < -0.4 is 4.74 Å². The van der Waals surface area contributed by atoms with Crippen LogP contribution in [0.2, 0.25) is 0 Å². The van der Waals surface area contributed by atoms with Crippen LogP contribution >= 0.6 is 0 Å². The SMILES string of the molecule is COc1ccc(CN=C(CC(C)C)CC(C)C)cc1. The monoisotopic (exact) mass is 261 g/mol. The number of hydrogen-bond acceptors (Lipinski definition) is 2. The zero-order valence-corrected chi connectivity index (χ0v) is 12.9. The molecule has 0 aliphatic carbocycles. The van der Waals surface area contributed by atoms with Gasteiger partial charge in [-0.25, -0.2) is 0 Å². The van der Waals surface area contributed by atoms with E-state index in [0.717, 1.165) is 25.1 Å². The molecule has 1 aromatic rings. The van der Waals surface area contributed by atoms with E-state index in [1.165, 1.54) is 11.3 Å². The fraction of sp³-hybridized carbons (Fsp3) is 0.588. The highest BCUT2D eigenvalue weighted by molar-refractivity contribution is 5.84. The van der Waals surface area contributed by atoms with E-state index >= 15 is 0 Å². The molecule has 106 valence electrons. The fourth-order valence-corrected chi connectivity index (χ4v) is 2.09. The molecule has 0 heterocycles. The summed E-state index contributed by atoms with van der Waals surface area (Å²) in [7, 11) is 1.69. The smallest absolute Gasteiger partial charge is 0.118 e. The van der Waals surface area contributed by atoms with Crippen LogP contribution in [0.5, 0.6) is 5.75 Å². The summed E-state index contributed by atoms with van der Waals surface area (Å²) in [6, 6.07) is 8.17. The van der Waals surface area contributed by atoms with Crippen molar-refractivity contribution in [3.8, 4) is 5.75 Å². The summed E-state index contributed by atoms with van der Waals surface area (Å²) in [4.78, 5) is 4.81. The summed E-state index contributed by atoms with van der Waals surface area (Å²) in [6.07, 6.45) is 2.21. The molecule has 0 spiro atoms. The van der Waals surface area contributed by atoms with E-state index < -0.39 is 0 Å². The minimum Gasteiger partial charge on any atom is -0.497 e. The molecule has 0 N–H and O–H groups in total. The third kappa shape index (κ3) is 6.42. The van der Waals surface area contributed by atoms with Gasteiger partial charge in [-0.1, -0.05) is 39.8 Å². The molecule has 2 heteroatoms. The second kappa shape index (κ2) is 7.98. The number of benzene rings is 1. The Balaban J connectivity index is 2.67. The van der Waals surface area contributed by atoms with Gasteiger partial charge in [0.2, 0.25) is 0 Å². The number of rotatable bonds is 7. The molecule has 1 rings (SSSR count). The molecule has 0 aliphatic heterocycles. The Kier molecular flexibility index (Phi) is 6.61. The van der Waals surface area contributed by atoms with E-state index in [1.807, 2.05) is 12.1 Å². The fourth-order valence-electron chi connectivity index (χ4n) is 2.09. The average Bonchev–Trinajstić information content (AvgIpc) is 2.35. The molecular formula is C17H27NO. The lowest BCUT2D eigenvalue weighted by atomic mass is 9.98. The Morgan fingerprint density at radius 2 is 1.53 bits per heavy atom. The van der Waals surface area contributed by atoms with Crippen LogP contribution in [0.25, 0.3) is 0 Å².